The summed E-state index contributed by atoms with van der Waals surface area (Å²) in [7, 11) is 0. The summed E-state index contributed by atoms with van der Waals surface area (Å²) in [4.78, 5) is 0. The van der Waals surface area contributed by atoms with E-state index in [1.165, 1.54) is 60.7 Å². The fraction of sp³-hybridized carbons (Fsp3) is 0. The first-order valence-corrected chi connectivity index (χ1v) is 11.2. The minimum atomic E-state index is -0.437. The summed E-state index contributed by atoms with van der Waals surface area (Å²) < 4.78 is 0. The van der Waals surface area contributed by atoms with Crippen LogP contribution in [0.25, 0.3) is 0 Å². The minimum Gasteiger partial charge on any atom is -0.873 e. The van der Waals surface area contributed by atoms with Crippen LogP contribution in [0.5, 0.6) is 57.5 Å². The summed E-state index contributed by atoms with van der Waals surface area (Å²) in [6, 6.07) is 28.0. The van der Waals surface area contributed by atoms with Gasteiger partial charge >= 0.3 is 44.8 Å². The number of benzene rings is 5. The monoisotopic (exact) mass is 902 g/mol. The Kier molecular flexibility index (Phi) is 21.1. The van der Waals surface area contributed by atoms with Crippen LogP contribution in [0.15, 0.2) is 121 Å². The third-order valence-corrected chi connectivity index (χ3v) is 4.25. The van der Waals surface area contributed by atoms with Crippen molar-refractivity contribution in [3.63, 3.8) is 0 Å². The van der Waals surface area contributed by atoms with Crippen LogP contribution in [0.1, 0.15) is 0 Å². The minimum absolute atomic E-state index is 0. The van der Waals surface area contributed by atoms with Gasteiger partial charge in [-0.1, -0.05) is 121 Å². The molecule has 42 heavy (non-hydrogen) atoms. The van der Waals surface area contributed by atoms with Gasteiger partial charge in [-0.2, -0.15) is 0 Å². The third-order valence-electron chi connectivity index (χ3n) is 4.25. The van der Waals surface area contributed by atoms with Gasteiger partial charge in [-0.25, -0.2) is 0 Å². The third kappa shape index (κ3) is 16.6. The number of para-hydroxylation sites is 10. The van der Waals surface area contributed by atoms with E-state index in [-0.39, 0.29) is 44.8 Å². The Labute approximate surface area is 273 Å². The van der Waals surface area contributed by atoms with Gasteiger partial charge in [0.15, 0.2) is 0 Å². The number of hydrogen-bond acceptors (Lipinski definition) is 10. The molecule has 5 rings (SSSR count). The summed E-state index contributed by atoms with van der Waals surface area (Å²) >= 11 is 0. The summed E-state index contributed by atoms with van der Waals surface area (Å²) in [5, 5.41) is 103. The van der Waals surface area contributed by atoms with E-state index in [4.69, 9.17) is 0 Å². The van der Waals surface area contributed by atoms with Crippen LogP contribution in [-0.4, -0.2) is 0 Å². The van der Waals surface area contributed by atoms with Crippen molar-refractivity contribution in [1.82, 2.24) is 0 Å². The molecule has 0 aliphatic rings. The molecular weight excluding hydrogens is 882 g/mol. The molecule has 0 bridgehead atoms. The van der Waals surface area contributed by atoms with Crippen LogP contribution in [0, 0.1) is 0 Å². The maximum atomic E-state index is 10.3. The largest absolute Gasteiger partial charge is 5.00 e. The van der Waals surface area contributed by atoms with E-state index in [1.807, 2.05) is 0 Å². The van der Waals surface area contributed by atoms with Gasteiger partial charge in [-0.15, -0.1) is 57.5 Å². The Morgan fingerprint density at radius 1 is 0.190 bits per heavy atom. The van der Waals surface area contributed by atoms with Crippen LogP contribution in [-0.2, 0) is 44.8 Å². The molecule has 0 aliphatic heterocycles. The fourth-order valence-corrected chi connectivity index (χ4v) is 2.25. The molecule has 0 spiro atoms. The van der Waals surface area contributed by atoms with E-state index in [2.05, 4.69) is 0 Å². The van der Waals surface area contributed by atoms with Crippen molar-refractivity contribution in [2.45, 2.75) is 0 Å². The molecule has 0 atom stereocenters. The molecule has 0 aromatic heterocycles. The first kappa shape index (κ1) is 39.7. The van der Waals surface area contributed by atoms with Gasteiger partial charge in [0, 0.05) is 0 Å². The van der Waals surface area contributed by atoms with Crippen LogP contribution in [0.4, 0.5) is 0 Å². The van der Waals surface area contributed by atoms with Crippen LogP contribution < -0.4 is 51.1 Å². The summed E-state index contributed by atoms with van der Waals surface area (Å²) in [6.45, 7) is 0. The zero-order valence-corrected chi connectivity index (χ0v) is 28.0. The van der Waals surface area contributed by atoms with Crippen molar-refractivity contribution >= 4 is 0 Å². The van der Waals surface area contributed by atoms with Crippen molar-refractivity contribution in [3.05, 3.63) is 121 Å². The van der Waals surface area contributed by atoms with Gasteiger partial charge in [0.25, 0.3) is 0 Å². The van der Waals surface area contributed by atoms with Crippen molar-refractivity contribution in [2.24, 2.45) is 0 Å². The average molecular weight is 902 g/mol. The van der Waals surface area contributed by atoms with Gasteiger partial charge in [0.1, 0.15) is 0 Å². The predicted molar refractivity (Wildman–Crippen MR) is 127 cm³/mol. The van der Waals surface area contributed by atoms with E-state index in [0.29, 0.717) is 0 Å². The Balaban J connectivity index is 0. The van der Waals surface area contributed by atoms with Crippen molar-refractivity contribution in [2.75, 3.05) is 0 Å². The van der Waals surface area contributed by atoms with Gasteiger partial charge in [0.2, 0.25) is 0 Å². The summed E-state index contributed by atoms with van der Waals surface area (Å²) in [6.07, 6.45) is 0. The molecule has 0 saturated heterocycles. The molecule has 0 saturated carbocycles. The predicted octanol–water partition coefficient (Wildman–Crippen LogP) is -0.836. The molecular formula is C30H20O10Ta2. The molecule has 0 fully saturated rings. The molecule has 5 aromatic carbocycles. The van der Waals surface area contributed by atoms with Crippen molar-refractivity contribution < 1.29 is 95.8 Å². The zero-order chi connectivity index (χ0) is 29.9. The normalized spacial score (nSPS) is 8.57. The molecule has 0 amide bonds. The van der Waals surface area contributed by atoms with E-state index in [0.717, 1.165) is 0 Å². The van der Waals surface area contributed by atoms with Gasteiger partial charge in [0.05, 0.1) is 0 Å². The molecule has 0 N–H and O–H groups in total. The molecule has 12 heteroatoms. The topological polar surface area (TPSA) is 231 Å². The van der Waals surface area contributed by atoms with Crippen LogP contribution >= 0.6 is 0 Å². The Morgan fingerprint density at radius 2 is 0.262 bits per heavy atom. The summed E-state index contributed by atoms with van der Waals surface area (Å²) in [5.41, 5.74) is 0. The molecule has 5 aromatic rings. The molecule has 210 valence electrons. The second-order valence-electron chi connectivity index (χ2n) is 7.23. The van der Waals surface area contributed by atoms with E-state index in [1.54, 1.807) is 60.7 Å². The van der Waals surface area contributed by atoms with Crippen molar-refractivity contribution in [1.29, 1.82) is 0 Å². The summed E-state index contributed by atoms with van der Waals surface area (Å²) in [5.74, 6) is -4.37. The van der Waals surface area contributed by atoms with Crippen LogP contribution in [0.3, 0.4) is 0 Å². The molecule has 0 aliphatic carbocycles. The second kappa shape index (κ2) is 22.3. The first-order chi connectivity index (χ1) is 19.0. The number of rotatable bonds is 0. The van der Waals surface area contributed by atoms with Crippen LogP contribution in [0.2, 0.25) is 0 Å². The van der Waals surface area contributed by atoms with Gasteiger partial charge in [-0.3, -0.25) is 0 Å². The molecule has 0 unspecified atom stereocenters. The molecule has 10 nitrogen and oxygen atoms in total. The van der Waals surface area contributed by atoms with E-state index >= 15 is 0 Å². The fourth-order valence-electron chi connectivity index (χ4n) is 2.25. The van der Waals surface area contributed by atoms with E-state index in [9.17, 15) is 51.1 Å². The quantitative estimate of drug-likeness (QED) is 0.187. The first-order valence-electron chi connectivity index (χ1n) is 11.2. The van der Waals surface area contributed by atoms with E-state index < -0.39 is 57.5 Å². The van der Waals surface area contributed by atoms with Gasteiger partial charge in [-0.05, 0) is 0 Å². The average Bonchev–Trinajstić information content (AvgIpc) is 2.94. The molecule has 0 radical (unpaired) electrons. The standard InChI is InChI=1S/5C6H6O2.2Ta/c5*7-5-3-1-2-4-6(5)8;;/h5*1-4,7-8H;;/q;;;;;2*+5/p-10. The Morgan fingerprint density at radius 3 is 0.310 bits per heavy atom. The van der Waals surface area contributed by atoms with Gasteiger partial charge < -0.3 is 51.1 Å². The zero-order valence-electron chi connectivity index (χ0n) is 21.5. The second-order valence-corrected chi connectivity index (χ2v) is 7.23. The maximum Gasteiger partial charge on any atom is 5.00 e. The Bertz CT molecular complexity index is 1080. The smallest absolute Gasteiger partial charge is 0.873 e. The number of hydrogen-bond donors (Lipinski definition) is 0. The maximum absolute atomic E-state index is 10.3. The molecule has 0 heterocycles. The van der Waals surface area contributed by atoms with Crippen molar-refractivity contribution in [3.8, 4) is 57.5 Å². The Hall–Kier alpha value is -4.42. The SMILES string of the molecule is [O-]c1ccccc1[O-].[O-]c1ccccc1[O-].[O-]c1ccccc1[O-].[O-]c1ccccc1[O-].[O-]c1ccccc1[O-].[Ta+5].[Ta+5].